The van der Waals surface area contributed by atoms with Gasteiger partial charge < -0.3 is 4.90 Å². The van der Waals surface area contributed by atoms with Crippen molar-refractivity contribution in [3.05, 3.63) is 60.2 Å². The zero-order valence-electron chi connectivity index (χ0n) is 12.5. The Morgan fingerprint density at radius 2 is 1.64 bits per heavy atom. The molecule has 5 nitrogen and oxygen atoms in total. The molecule has 0 aliphatic carbocycles. The van der Waals surface area contributed by atoms with Crippen molar-refractivity contribution in [2.75, 3.05) is 22.9 Å². The van der Waals surface area contributed by atoms with Crippen molar-refractivity contribution in [1.82, 2.24) is 0 Å². The summed E-state index contributed by atoms with van der Waals surface area (Å²) in [7, 11) is -1.60. The summed E-state index contributed by atoms with van der Waals surface area (Å²) in [5, 5.41) is 0. The lowest BCUT2D eigenvalue weighted by Gasteiger charge is -2.18. The van der Waals surface area contributed by atoms with Crippen LogP contribution in [0.4, 0.5) is 11.4 Å². The van der Waals surface area contributed by atoms with Crippen molar-refractivity contribution in [2.24, 2.45) is 0 Å². The van der Waals surface area contributed by atoms with Crippen LogP contribution in [0.2, 0.25) is 0 Å². The molecule has 0 atom stereocenters. The Labute approximate surface area is 130 Å². The minimum atomic E-state index is -3.30. The van der Waals surface area contributed by atoms with Crippen molar-refractivity contribution in [1.29, 1.82) is 0 Å². The van der Waals surface area contributed by atoms with E-state index in [2.05, 4.69) is 4.72 Å². The van der Waals surface area contributed by atoms with Gasteiger partial charge in [-0.05, 0) is 29.8 Å². The second-order valence-electron chi connectivity index (χ2n) is 5.04. The van der Waals surface area contributed by atoms with Crippen molar-refractivity contribution in [2.45, 2.75) is 6.42 Å². The fourth-order valence-electron chi connectivity index (χ4n) is 2.00. The predicted octanol–water partition coefficient (Wildman–Crippen LogP) is 2.26. The number of sulfonamides is 1. The van der Waals surface area contributed by atoms with E-state index in [1.165, 1.54) is 0 Å². The molecule has 0 aliphatic rings. The van der Waals surface area contributed by atoms with Crippen LogP contribution >= 0.6 is 0 Å². The third-order valence-electron chi connectivity index (χ3n) is 3.13. The number of carbonyl (C=O) groups is 1. The Kier molecular flexibility index (Phi) is 4.82. The number of hydrogen-bond acceptors (Lipinski definition) is 3. The molecule has 1 amide bonds. The van der Waals surface area contributed by atoms with E-state index in [4.69, 9.17) is 0 Å². The van der Waals surface area contributed by atoms with Gasteiger partial charge in [-0.2, -0.15) is 0 Å². The molecule has 0 heterocycles. The number of rotatable bonds is 5. The smallest absolute Gasteiger partial charge is 0.231 e. The molecule has 0 bridgehead atoms. The van der Waals surface area contributed by atoms with Gasteiger partial charge in [0.05, 0.1) is 12.7 Å². The molecular formula is C16H18N2O3S. The molecule has 2 aromatic rings. The van der Waals surface area contributed by atoms with Crippen molar-refractivity contribution >= 4 is 27.3 Å². The SMILES string of the molecule is CN(C(=O)Cc1ccccc1)c1ccc(NS(C)(=O)=O)cc1. The van der Waals surface area contributed by atoms with Crippen LogP contribution in [0.1, 0.15) is 5.56 Å². The van der Waals surface area contributed by atoms with Crippen LogP contribution in [-0.2, 0) is 21.2 Å². The standard InChI is InChI=1S/C16H18N2O3S/c1-18(16(19)12-13-6-4-3-5-7-13)15-10-8-14(9-11-15)17-22(2,20)21/h3-11,17H,12H2,1-2H3. The number of carbonyl (C=O) groups excluding carboxylic acids is 1. The summed E-state index contributed by atoms with van der Waals surface area (Å²) in [6, 6.07) is 16.2. The van der Waals surface area contributed by atoms with E-state index in [-0.39, 0.29) is 5.91 Å². The van der Waals surface area contributed by atoms with Crippen LogP contribution in [-0.4, -0.2) is 27.6 Å². The first kappa shape index (κ1) is 16.0. The van der Waals surface area contributed by atoms with Crippen LogP contribution in [0.5, 0.6) is 0 Å². The molecule has 6 heteroatoms. The second kappa shape index (κ2) is 6.62. The van der Waals surface area contributed by atoms with Crippen molar-refractivity contribution < 1.29 is 13.2 Å². The molecule has 0 radical (unpaired) electrons. The highest BCUT2D eigenvalue weighted by Crippen LogP contribution is 2.18. The van der Waals surface area contributed by atoms with E-state index in [0.29, 0.717) is 17.8 Å². The van der Waals surface area contributed by atoms with E-state index in [0.717, 1.165) is 11.8 Å². The molecule has 2 aromatic carbocycles. The van der Waals surface area contributed by atoms with Gasteiger partial charge in [0, 0.05) is 18.4 Å². The molecule has 0 fully saturated rings. The maximum absolute atomic E-state index is 12.2. The number of nitrogens with one attached hydrogen (secondary N) is 1. The number of anilines is 2. The number of benzene rings is 2. The predicted molar refractivity (Wildman–Crippen MR) is 88.5 cm³/mol. The van der Waals surface area contributed by atoms with Gasteiger partial charge >= 0.3 is 0 Å². The maximum Gasteiger partial charge on any atom is 0.231 e. The average Bonchev–Trinajstić information content (AvgIpc) is 2.46. The van der Waals surface area contributed by atoms with Gasteiger partial charge in [-0.15, -0.1) is 0 Å². The normalized spacial score (nSPS) is 11.0. The average molecular weight is 318 g/mol. The lowest BCUT2D eigenvalue weighted by atomic mass is 10.1. The Morgan fingerprint density at radius 1 is 1.05 bits per heavy atom. The number of nitrogens with zero attached hydrogens (tertiary/aromatic N) is 1. The molecule has 0 saturated heterocycles. The summed E-state index contributed by atoms with van der Waals surface area (Å²) < 4.78 is 24.7. The number of likely N-dealkylation sites (N-methyl/N-ethyl adjacent to an activating group) is 1. The minimum absolute atomic E-state index is 0.0324. The third kappa shape index (κ3) is 4.60. The van der Waals surface area contributed by atoms with Gasteiger partial charge in [0.15, 0.2) is 0 Å². The Balaban J connectivity index is 2.06. The van der Waals surface area contributed by atoms with Gasteiger partial charge in [-0.1, -0.05) is 30.3 Å². The molecule has 116 valence electrons. The van der Waals surface area contributed by atoms with Crippen LogP contribution in [0.15, 0.2) is 54.6 Å². The summed E-state index contributed by atoms with van der Waals surface area (Å²) in [5.41, 5.74) is 2.13. The fourth-order valence-corrected chi connectivity index (χ4v) is 2.56. The quantitative estimate of drug-likeness (QED) is 0.919. The van der Waals surface area contributed by atoms with Gasteiger partial charge in [0.2, 0.25) is 15.9 Å². The molecule has 0 spiro atoms. The third-order valence-corrected chi connectivity index (χ3v) is 3.74. The number of amides is 1. The maximum atomic E-state index is 12.2. The Bertz CT molecular complexity index is 741. The van der Waals surface area contributed by atoms with Crippen LogP contribution in [0.25, 0.3) is 0 Å². The molecule has 0 aliphatic heterocycles. The van der Waals surface area contributed by atoms with Crippen LogP contribution < -0.4 is 9.62 Å². The molecular weight excluding hydrogens is 300 g/mol. The number of hydrogen-bond donors (Lipinski definition) is 1. The lowest BCUT2D eigenvalue weighted by Crippen LogP contribution is -2.27. The molecule has 1 N–H and O–H groups in total. The van der Waals surface area contributed by atoms with Gasteiger partial charge in [0.25, 0.3) is 0 Å². The molecule has 0 aromatic heterocycles. The van der Waals surface area contributed by atoms with Gasteiger partial charge in [-0.25, -0.2) is 8.42 Å². The highest BCUT2D eigenvalue weighted by Gasteiger charge is 2.12. The minimum Gasteiger partial charge on any atom is -0.315 e. The first-order valence-electron chi connectivity index (χ1n) is 6.73. The van der Waals surface area contributed by atoms with Gasteiger partial charge in [0.1, 0.15) is 0 Å². The first-order chi connectivity index (χ1) is 10.3. The van der Waals surface area contributed by atoms with E-state index in [9.17, 15) is 13.2 Å². The second-order valence-corrected chi connectivity index (χ2v) is 6.78. The van der Waals surface area contributed by atoms with E-state index in [1.807, 2.05) is 30.3 Å². The van der Waals surface area contributed by atoms with Crippen molar-refractivity contribution in [3.8, 4) is 0 Å². The zero-order chi connectivity index (χ0) is 16.2. The fraction of sp³-hybridized carbons (Fsp3) is 0.188. The van der Waals surface area contributed by atoms with Gasteiger partial charge in [-0.3, -0.25) is 9.52 Å². The highest BCUT2D eigenvalue weighted by molar-refractivity contribution is 7.92. The summed E-state index contributed by atoms with van der Waals surface area (Å²) in [4.78, 5) is 13.8. The first-order valence-corrected chi connectivity index (χ1v) is 8.62. The molecule has 22 heavy (non-hydrogen) atoms. The van der Waals surface area contributed by atoms with E-state index < -0.39 is 10.0 Å². The largest absolute Gasteiger partial charge is 0.315 e. The van der Waals surface area contributed by atoms with Crippen LogP contribution in [0, 0.1) is 0 Å². The highest BCUT2D eigenvalue weighted by atomic mass is 32.2. The molecule has 2 rings (SSSR count). The summed E-state index contributed by atoms with van der Waals surface area (Å²) in [5.74, 6) is -0.0324. The van der Waals surface area contributed by atoms with Crippen molar-refractivity contribution in [3.63, 3.8) is 0 Å². The summed E-state index contributed by atoms with van der Waals surface area (Å²) >= 11 is 0. The lowest BCUT2D eigenvalue weighted by molar-refractivity contribution is -0.117. The van der Waals surface area contributed by atoms with Crippen LogP contribution in [0.3, 0.4) is 0 Å². The Hall–Kier alpha value is -2.34. The van der Waals surface area contributed by atoms with E-state index >= 15 is 0 Å². The summed E-state index contributed by atoms with van der Waals surface area (Å²) in [6.45, 7) is 0. The zero-order valence-corrected chi connectivity index (χ0v) is 13.3. The molecule has 0 unspecified atom stereocenters. The van der Waals surface area contributed by atoms with E-state index in [1.54, 1.807) is 36.2 Å². The molecule has 0 saturated carbocycles. The Morgan fingerprint density at radius 3 is 2.18 bits per heavy atom. The monoisotopic (exact) mass is 318 g/mol. The summed E-state index contributed by atoms with van der Waals surface area (Å²) in [6.07, 6.45) is 1.41. The topological polar surface area (TPSA) is 66.5 Å².